The van der Waals surface area contributed by atoms with Crippen molar-refractivity contribution in [2.24, 2.45) is 16.5 Å². The van der Waals surface area contributed by atoms with Crippen molar-refractivity contribution in [3.05, 3.63) is 47.0 Å². The second-order valence-corrected chi connectivity index (χ2v) is 15.1. The molecule has 14 nitrogen and oxygen atoms in total. The van der Waals surface area contributed by atoms with Crippen molar-refractivity contribution in [1.29, 1.82) is 0 Å². The first-order valence-electron chi connectivity index (χ1n) is 17.8. The fourth-order valence-corrected chi connectivity index (χ4v) is 6.74. The topological polar surface area (TPSA) is 184 Å². The zero-order valence-corrected chi connectivity index (χ0v) is 30.6. The number of rotatable bonds is 15. The van der Waals surface area contributed by atoms with Gasteiger partial charge in [-0.05, 0) is 73.8 Å². The molecule has 14 heteroatoms. The number of hydrogen-bond donors (Lipinski definition) is 4. The van der Waals surface area contributed by atoms with Gasteiger partial charge in [-0.3, -0.25) is 24.0 Å². The van der Waals surface area contributed by atoms with E-state index in [1.165, 1.54) is 4.90 Å². The third-order valence-corrected chi connectivity index (χ3v) is 9.72. The van der Waals surface area contributed by atoms with Crippen LogP contribution in [0.1, 0.15) is 94.5 Å². The third kappa shape index (κ3) is 9.14. The van der Waals surface area contributed by atoms with Gasteiger partial charge in [-0.1, -0.05) is 39.3 Å². The largest absolute Gasteiger partial charge is 0.496 e. The molecule has 51 heavy (non-hydrogen) atoms. The van der Waals surface area contributed by atoms with E-state index >= 15 is 0 Å². The van der Waals surface area contributed by atoms with E-state index in [1.807, 2.05) is 53.7 Å². The number of imidazole rings is 1. The first-order chi connectivity index (χ1) is 24.2. The SMILES string of the molecule is CCC[C@H](NC(=O)[C@@H]1C[C@@H](O/N=C/c2cc(C)c(OC)c(C)c2)CN1C(=O)[C@@H](NC(=O)[C@@H]1C[C@H]1c1c[nH]cn1)C(C)(C)C)C(=O)C(=O)NC1CC1. The molecule has 0 bridgehead atoms. The Morgan fingerprint density at radius 3 is 2.37 bits per heavy atom. The number of nitrogens with one attached hydrogen (secondary N) is 4. The number of ether oxygens (including phenoxy) is 1. The number of hydrogen-bond acceptors (Lipinski definition) is 9. The maximum absolute atomic E-state index is 14.4. The molecule has 0 spiro atoms. The average Bonchev–Trinajstić information content (AvgIpc) is 3.96. The minimum absolute atomic E-state index is 0.0127. The number of likely N-dealkylation sites (tertiary alicyclic amines) is 1. The number of nitrogens with zero attached hydrogens (tertiary/aromatic N) is 3. The summed E-state index contributed by atoms with van der Waals surface area (Å²) >= 11 is 0. The van der Waals surface area contributed by atoms with Crippen LogP contribution in [0.25, 0.3) is 0 Å². The van der Waals surface area contributed by atoms with E-state index in [4.69, 9.17) is 9.57 Å². The fraction of sp³-hybridized carbons (Fsp3) is 0.595. The normalized spacial score (nSPS) is 22.6. The summed E-state index contributed by atoms with van der Waals surface area (Å²) in [6.07, 6.45) is 7.40. The average molecular weight is 706 g/mol. The van der Waals surface area contributed by atoms with Crippen LogP contribution in [0.15, 0.2) is 29.8 Å². The van der Waals surface area contributed by atoms with Gasteiger partial charge in [0.25, 0.3) is 5.91 Å². The van der Waals surface area contributed by atoms with Gasteiger partial charge >= 0.3 is 0 Å². The molecule has 1 saturated heterocycles. The molecule has 3 aliphatic rings. The number of Topliss-reactive ketones (excluding diaryl/α,β-unsaturated/α-hetero) is 1. The predicted molar refractivity (Wildman–Crippen MR) is 189 cm³/mol. The van der Waals surface area contributed by atoms with Gasteiger partial charge in [-0.15, -0.1) is 0 Å². The minimum Gasteiger partial charge on any atom is -0.496 e. The number of amides is 4. The molecular formula is C37H51N7O7. The van der Waals surface area contributed by atoms with E-state index in [1.54, 1.807) is 25.8 Å². The van der Waals surface area contributed by atoms with Crippen molar-refractivity contribution in [1.82, 2.24) is 30.8 Å². The smallest absolute Gasteiger partial charge is 0.289 e. The van der Waals surface area contributed by atoms with Crippen molar-refractivity contribution < 1.29 is 33.5 Å². The van der Waals surface area contributed by atoms with Gasteiger partial charge in [0.05, 0.1) is 37.9 Å². The molecule has 5 rings (SSSR count). The molecule has 4 amide bonds. The molecule has 0 radical (unpaired) electrons. The maximum Gasteiger partial charge on any atom is 0.289 e. The molecule has 6 atom stereocenters. The lowest BCUT2D eigenvalue weighted by atomic mass is 9.85. The second kappa shape index (κ2) is 15.6. The Morgan fingerprint density at radius 1 is 1.08 bits per heavy atom. The second-order valence-electron chi connectivity index (χ2n) is 15.1. The van der Waals surface area contributed by atoms with Crippen LogP contribution in [0.3, 0.4) is 0 Å². The van der Waals surface area contributed by atoms with Crippen LogP contribution in [-0.2, 0) is 28.8 Å². The molecule has 276 valence electrons. The Balaban J connectivity index is 1.34. The van der Waals surface area contributed by atoms with E-state index in [2.05, 4.69) is 31.1 Å². The summed E-state index contributed by atoms with van der Waals surface area (Å²) in [4.78, 5) is 82.1. The number of aryl methyl sites for hydroxylation is 2. The highest BCUT2D eigenvalue weighted by molar-refractivity contribution is 6.38. The van der Waals surface area contributed by atoms with Gasteiger partial charge in [0, 0.05) is 30.5 Å². The number of aromatic amines is 1. The lowest BCUT2D eigenvalue weighted by Gasteiger charge is -2.35. The number of oxime groups is 1. The highest BCUT2D eigenvalue weighted by Crippen LogP contribution is 2.47. The Labute approximate surface area is 298 Å². The molecule has 1 aromatic heterocycles. The number of methoxy groups -OCH3 is 1. The first-order valence-corrected chi connectivity index (χ1v) is 17.8. The molecular weight excluding hydrogens is 654 g/mol. The number of carbonyl (C=O) groups excluding carboxylic acids is 5. The van der Waals surface area contributed by atoms with E-state index in [0.29, 0.717) is 12.8 Å². The molecule has 2 aromatic rings. The van der Waals surface area contributed by atoms with Crippen molar-refractivity contribution >= 4 is 35.6 Å². The standard InChI is InChI=1S/C37H51N7O7/c1-8-9-27(30(45)35(48)41-23-10-11-23)42-34(47)29-14-24(51-40-16-22-12-20(2)31(50-7)21(3)13-22)18-44(29)36(49)32(37(4,5)6)43-33(46)26-15-25(26)28-17-38-19-39-28/h12-13,16-17,19,23-27,29,32H,8-11,14-15,18H2,1-7H3,(H,38,39)(H,41,48)(H,42,47)(H,43,46)/b40-16+/t24-,25-,26-,27+,29+,32-/m1/s1. The monoisotopic (exact) mass is 705 g/mol. The lowest BCUT2D eigenvalue weighted by molar-refractivity contribution is -0.145. The summed E-state index contributed by atoms with van der Waals surface area (Å²) in [6.45, 7) is 11.3. The predicted octanol–water partition coefficient (Wildman–Crippen LogP) is 2.82. The summed E-state index contributed by atoms with van der Waals surface area (Å²) in [5, 5.41) is 12.7. The number of carbonyl (C=O) groups is 5. The van der Waals surface area contributed by atoms with Crippen LogP contribution in [0, 0.1) is 25.2 Å². The van der Waals surface area contributed by atoms with Crippen LogP contribution < -0.4 is 20.7 Å². The van der Waals surface area contributed by atoms with Crippen molar-refractivity contribution in [2.45, 2.75) is 116 Å². The number of ketones is 1. The van der Waals surface area contributed by atoms with Gasteiger partial charge in [-0.2, -0.15) is 0 Å². The van der Waals surface area contributed by atoms with E-state index in [0.717, 1.165) is 41.0 Å². The minimum atomic E-state index is -1.05. The zero-order valence-electron chi connectivity index (χ0n) is 30.6. The summed E-state index contributed by atoms with van der Waals surface area (Å²) < 4.78 is 5.46. The van der Waals surface area contributed by atoms with Gasteiger partial charge < -0.3 is 35.4 Å². The van der Waals surface area contributed by atoms with Crippen LogP contribution in [0.5, 0.6) is 5.75 Å². The molecule has 3 fully saturated rings. The number of aromatic nitrogens is 2. The number of H-pyrrole nitrogens is 1. The zero-order chi connectivity index (χ0) is 37.0. The summed E-state index contributed by atoms with van der Waals surface area (Å²) in [5.41, 5.74) is 2.75. The summed E-state index contributed by atoms with van der Waals surface area (Å²) in [5.74, 6) is -2.28. The van der Waals surface area contributed by atoms with Crippen LogP contribution in [0.2, 0.25) is 0 Å². The van der Waals surface area contributed by atoms with E-state index in [-0.39, 0.29) is 43.2 Å². The van der Waals surface area contributed by atoms with Crippen LogP contribution >= 0.6 is 0 Å². The number of benzene rings is 1. The Morgan fingerprint density at radius 2 is 1.78 bits per heavy atom. The molecule has 2 heterocycles. The van der Waals surface area contributed by atoms with Crippen molar-refractivity contribution in [3.63, 3.8) is 0 Å². The summed E-state index contributed by atoms with van der Waals surface area (Å²) in [7, 11) is 1.62. The first kappa shape index (κ1) is 37.5. The maximum atomic E-state index is 14.4. The summed E-state index contributed by atoms with van der Waals surface area (Å²) in [6, 6.07) is 0.756. The Kier molecular flexibility index (Phi) is 11.5. The third-order valence-electron chi connectivity index (χ3n) is 9.72. The molecule has 1 aliphatic heterocycles. The highest BCUT2D eigenvalue weighted by atomic mass is 16.6. The van der Waals surface area contributed by atoms with Gasteiger partial charge in [0.2, 0.25) is 23.5 Å². The molecule has 2 saturated carbocycles. The fourth-order valence-electron chi connectivity index (χ4n) is 6.74. The highest BCUT2D eigenvalue weighted by Gasteiger charge is 2.50. The Bertz CT molecular complexity index is 1620. The van der Waals surface area contributed by atoms with Crippen molar-refractivity contribution in [2.75, 3.05) is 13.7 Å². The Hall–Kier alpha value is -4.75. The van der Waals surface area contributed by atoms with Crippen LogP contribution in [-0.4, -0.2) is 94.4 Å². The van der Waals surface area contributed by atoms with E-state index < -0.39 is 53.1 Å². The molecule has 0 unspecified atom stereocenters. The van der Waals surface area contributed by atoms with Gasteiger partial charge in [0.15, 0.2) is 0 Å². The van der Waals surface area contributed by atoms with Gasteiger partial charge in [0.1, 0.15) is 23.9 Å². The van der Waals surface area contributed by atoms with Gasteiger partial charge in [-0.25, -0.2) is 4.98 Å². The van der Waals surface area contributed by atoms with Crippen LogP contribution in [0.4, 0.5) is 0 Å². The van der Waals surface area contributed by atoms with E-state index in [9.17, 15) is 24.0 Å². The molecule has 1 aromatic carbocycles. The quantitative estimate of drug-likeness (QED) is 0.124. The van der Waals surface area contributed by atoms with Crippen molar-refractivity contribution in [3.8, 4) is 5.75 Å². The molecule has 4 N–H and O–H groups in total. The lowest BCUT2D eigenvalue weighted by Crippen LogP contribution is -2.59. The molecule has 2 aliphatic carbocycles.